The fourth-order valence-corrected chi connectivity index (χ4v) is 1.90. The van der Waals surface area contributed by atoms with E-state index in [-0.39, 0.29) is 16.3 Å². The van der Waals surface area contributed by atoms with Gasteiger partial charge in [-0.3, -0.25) is 0 Å². The molecule has 0 radical (unpaired) electrons. The van der Waals surface area contributed by atoms with Gasteiger partial charge < -0.3 is 10.8 Å². The number of rotatable bonds is 1. The highest BCUT2D eigenvalue weighted by Gasteiger charge is 2.14. The molecule has 3 N–H and O–H groups in total. The third-order valence-corrected chi connectivity index (χ3v) is 2.88. The first-order valence-electron chi connectivity index (χ1n) is 4.69. The molecule has 2 aromatic carbocycles. The van der Waals surface area contributed by atoms with Gasteiger partial charge in [-0.15, -0.1) is 0 Å². The van der Waals surface area contributed by atoms with Crippen LogP contribution in [-0.4, -0.2) is 11.1 Å². The van der Waals surface area contributed by atoms with Crippen LogP contribution in [0, 0.1) is 11.3 Å². The number of nitrogens with two attached hydrogens (primary N) is 1. The molecule has 0 spiro atoms. The molecule has 4 nitrogen and oxygen atoms in total. The van der Waals surface area contributed by atoms with Crippen LogP contribution in [0.2, 0.25) is 5.02 Å². The topological polar surface area (TPSA) is 87.1 Å². The minimum absolute atomic E-state index is 0.0383. The van der Waals surface area contributed by atoms with Gasteiger partial charge in [0.05, 0.1) is 27.9 Å². The molecular formula is C12H7ClN2O2. The van der Waals surface area contributed by atoms with Gasteiger partial charge in [-0.25, -0.2) is 4.79 Å². The third kappa shape index (κ3) is 1.77. The van der Waals surface area contributed by atoms with Gasteiger partial charge in [-0.1, -0.05) is 17.7 Å². The number of aromatic carboxylic acids is 1. The fourth-order valence-electron chi connectivity index (χ4n) is 1.63. The second kappa shape index (κ2) is 3.96. The second-order valence-electron chi connectivity index (χ2n) is 3.50. The van der Waals surface area contributed by atoms with E-state index in [0.29, 0.717) is 16.3 Å². The second-order valence-corrected chi connectivity index (χ2v) is 3.88. The number of carboxylic acid groups (broad SMARTS) is 1. The normalized spacial score (nSPS) is 10.1. The molecule has 0 aliphatic heterocycles. The Labute approximate surface area is 102 Å². The zero-order valence-electron chi connectivity index (χ0n) is 8.57. The zero-order valence-corrected chi connectivity index (χ0v) is 9.32. The van der Waals surface area contributed by atoms with Crippen molar-refractivity contribution >= 4 is 34.0 Å². The summed E-state index contributed by atoms with van der Waals surface area (Å²) in [7, 11) is 0. The number of carbonyl (C=O) groups is 1. The summed E-state index contributed by atoms with van der Waals surface area (Å²) in [6.45, 7) is 0. The molecule has 0 saturated heterocycles. The Bertz CT molecular complexity index is 674. The van der Waals surface area contributed by atoms with Crippen molar-refractivity contribution in [3.8, 4) is 6.07 Å². The summed E-state index contributed by atoms with van der Waals surface area (Å²) in [4.78, 5) is 11.0. The van der Waals surface area contributed by atoms with Crippen LogP contribution in [0.1, 0.15) is 15.9 Å². The predicted octanol–water partition coefficient (Wildman–Crippen LogP) is 2.65. The molecule has 0 atom stereocenters. The molecule has 0 amide bonds. The van der Waals surface area contributed by atoms with Crippen molar-refractivity contribution < 1.29 is 9.90 Å². The molecule has 2 rings (SSSR count). The predicted molar refractivity (Wildman–Crippen MR) is 65.0 cm³/mol. The van der Waals surface area contributed by atoms with Gasteiger partial charge in [0.1, 0.15) is 0 Å². The van der Waals surface area contributed by atoms with E-state index < -0.39 is 5.97 Å². The maximum Gasteiger partial charge on any atom is 0.337 e. The Kier molecular flexibility index (Phi) is 2.62. The molecule has 0 aliphatic carbocycles. The number of nitriles is 1. The molecule has 0 fully saturated rings. The van der Waals surface area contributed by atoms with Crippen LogP contribution >= 0.6 is 11.6 Å². The van der Waals surface area contributed by atoms with Crippen molar-refractivity contribution in [1.82, 2.24) is 0 Å². The summed E-state index contributed by atoms with van der Waals surface area (Å²) in [6.07, 6.45) is 0. The van der Waals surface area contributed by atoms with E-state index in [1.54, 1.807) is 18.2 Å². The molecule has 0 heterocycles. The number of halogens is 1. The minimum atomic E-state index is -1.14. The van der Waals surface area contributed by atoms with Crippen LogP contribution in [0.15, 0.2) is 24.3 Å². The molecular weight excluding hydrogens is 240 g/mol. The summed E-state index contributed by atoms with van der Waals surface area (Å²) in [5.41, 5.74) is 6.06. The van der Waals surface area contributed by atoms with E-state index in [1.807, 2.05) is 6.07 Å². The monoisotopic (exact) mass is 246 g/mol. The molecule has 0 bridgehead atoms. The minimum Gasteiger partial charge on any atom is -0.478 e. The van der Waals surface area contributed by atoms with Gasteiger partial charge in [0.25, 0.3) is 0 Å². The lowest BCUT2D eigenvalue weighted by Crippen LogP contribution is -2.03. The van der Waals surface area contributed by atoms with Crippen LogP contribution in [0.3, 0.4) is 0 Å². The summed E-state index contributed by atoms with van der Waals surface area (Å²) in [5, 5.41) is 19.2. The standard InChI is InChI=1S/C12H7ClN2O2/c13-10-8-2-1-6(5-14)3-7(8)4-9(11(10)15)12(16)17/h1-4H,15H2,(H,16,17). The molecule has 0 aliphatic rings. The first-order valence-corrected chi connectivity index (χ1v) is 5.07. The molecule has 2 aromatic rings. The summed E-state index contributed by atoms with van der Waals surface area (Å²) in [6, 6.07) is 8.23. The number of fused-ring (bicyclic) bond motifs is 1. The lowest BCUT2D eigenvalue weighted by molar-refractivity contribution is 0.0698. The molecule has 0 saturated carbocycles. The number of anilines is 1. The summed E-state index contributed by atoms with van der Waals surface area (Å²) in [5.74, 6) is -1.14. The molecule has 0 aromatic heterocycles. The van der Waals surface area contributed by atoms with Gasteiger partial charge in [0.2, 0.25) is 0 Å². The highest BCUT2D eigenvalue weighted by molar-refractivity contribution is 6.39. The summed E-state index contributed by atoms with van der Waals surface area (Å²) >= 11 is 6.00. The van der Waals surface area contributed by atoms with Gasteiger partial charge in [-0.2, -0.15) is 5.26 Å². The molecule has 0 unspecified atom stereocenters. The fraction of sp³-hybridized carbons (Fsp3) is 0. The van der Waals surface area contributed by atoms with Crippen molar-refractivity contribution in [3.05, 3.63) is 40.4 Å². The van der Waals surface area contributed by atoms with E-state index in [2.05, 4.69) is 0 Å². The van der Waals surface area contributed by atoms with E-state index in [0.717, 1.165) is 0 Å². The SMILES string of the molecule is N#Cc1ccc2c(Cl)c(N)c(C(=O)O)cc2c1. The Hall–Kier alpha value is -2.25. The van der Waals surface area contributed by atoms with Gasteiger partial charge in [0, 0.05) is 5.39 Å². The maximum atomic E-state index is 11.0. The quantitative estimate of drug-likeness (QED) is 0.757. The number of benzene rings is 2. The third-order valence-electron chi connectivity index (χ3n) is 2.47. The molecule has 84 valence electrons. The molecule has 5 heteroatoms. The Morgan fingerprint density at radius 3 is 2.71 bits per heavy atom. The summed E-state index contributed by atoms with van der Waals surface area (Å²) < 4.78 is 0. The van der Waals surface area contributed by atoms with Gasteiger partial charge in [-0.05, 0) is 23.6 Å². The Morgan fingerprint density at radius 1 is 1.41 bits per heavy atom. The van der Waals surface area contributed by atoms with E-state index in [1.165, 1.54) is 6.07 Å². The maximum absolute atomic E-state index is 11.0. The van der Waals surface area contributed by atoms with Crippen LogP contribution in [-0.2, 0) is 0 Å². The van der Waals surface area contributed by atoms with Crippen molar-refractivity contribution in [3.63, 3.8) is 0 Å². The first kappa shape index (κ1) is 11.2. The largest absolute Gasteiger partial charge is 0.478 e. The zero-order chi connectivity index (χ0) is 12.6. The smallest absolute Gasteiger partial charge is 0.337 e. The average Bonchev–Trinajstić information content (AvgIpc) is 2.32. The van der Waals surface area contributed by atoms with Crippen molar-refractivity contribution in [2.24, 2.45) is 0 Å². The van der Waals surface area contributed by atoms with Gasteiger partial charge >= 0.3 is 5.97 Å². The van der Waals surface area contributed by atoms with E-state index >= 15 is 0 Å². The highest BCUT2D eigenvalue weighted by Crippen LogP contribution is 2.32. The average molecular weight is 247 g/mol. The molecule has 17 heavy (non-hydrogen) atoms. The number of nitrogen functional groups attached to an aromatic ring is 1. The Morgan fingerprint density at radius 2 is 2.12 bits per heavy atom. The first-order chi connectivity index (χ1) is 8.04. The van der Waals surface area contributed by atoms with Crippen molar-refractivity contribution in [2.75, 3.05) is 5.73 Å². The van der Waals surface area contributed by atoms with Crippen LogP contribution in [0.4, 0.5) is 5.69 Å². The van der Waals surface area contributed by atoms with Crippen molar-refractivity contribution in [1.29, 1.82) is 5.26 Å². The van der Waals surface area contributed by atoms with Gasteiger partial charge in [0.15, 0.2) is 0 Å². The lowest BCUT2D eigenvalue weighted by Gasteiger charge is -2.07. The lowest BCUT2D eigenvalue weighted by atomic mass is 10.0. The van der Waals surface area contributed by atoms with Crippen LogP contribution in [0.25, 0.3) is 10.8 Å². The number of nitrogens with zero attached hydrogens (tertiary/aromatic N) is 1. The van der Waals surface area contributed by atoms with Crippen LogP contribution in [0.5, 0.6) is 0 Å². The number of hydrogen-bond acceptors (Lipinski definition) is 3. The number of hydrogen-bond donors (Lipinski definition) is 2. The Balaban J connectivity index is 2.87. The van der Waals surface area contributed by atoms with E-state index in [4.69, 9.17) is 27.7 Å². The van der Waals surface area contributed by atoms with Crippen molar-refractivity contribution in [2.45, 2.75) is 0 Å². The van der Waals surface area contributed by atoms with Crippen LogP contribution < -0.4 is 5.73 Å². The number of carboxylic acids is 1. The van der Waals surface area contributed by atoms with E-state index in [9.17, 15) is 4.79 Å². The highest BCUT2D eigenvalue weighted by atomic mass is 35.5.